The molecule has 0 amide bonds. The molecule has 0 N–H and O–H groups in total. The van der Waals surface area contributed by atoms with Gasteiger partial charge in [0.2, 0.25) is 0 Å². The van der Waals surface area contributed by atoms with Crippen molar-refractivity contribution in [1.29, 1.82) is 0 Å². The van der Waals surface area contributed by atoms with E-state index >= 15 is 0 Å². The molecule has 2 heteroatoms. The van der Waals surface area contributed by atoms with Gasteiger partial charge in [0.05, 0.1) is 0 Å². The van der Waals surface area contributed by atoms with Gasteiger partial charge >= 0.3 is 23.1 Å². The third-order valence-electron chi connectivity index (χ3n) is 2.44. The van der Waals surface area contributed by atoms with Crippen molar-refractivity contribution in [2.75, 3.05) is 0 Å². The Balaban J connectivity index is -0.000000605. The van der Waals surface area contributed by atoms with E-state index in [0.29, 0.717) is 11.8 Å². The molecule has 0 spiro atoms. The standard InChI is InChI=1S/C12H21.HI.Mg/c1-9(2)11(5)7-8-12(6)10(3)4;;/h9,12H,1,3,5,7-8H2,2,4,6H3;1H;/q-1;;+2/p-1/t9-,12+;;/m1../s1. The van der Waals surface area contributed by atoms with Crippen LogP contribution in [0.4, 0.5) is 0 Å². The van der Waals surface area contributed by atoms with Crippen molar-refractivity contribution in [3.63, 3.8) is 0 Å². The molecule has 0 fully saturated rings. The summed E-state index contributed by atoms with van der Waals surface area (Å²) in [5, 5.41) is 0. The van der Waals surface area contributed by atoms with E-state index in [2.05, 4.69) is 40.9 Å². The first-order valence-electron chi connectivity index (χ1n) is 4.61. The van der Waals surface area contributed by atoms with Gasteiger partial charge in [0.15, 0.2) is 0 Å². The zero-order chi connectivity index (χ0) is 9.72. The summed E-state index contributed by atoms with van der Waals surface area (Å²) in [7, 11) is 0. The summed E-state index contributed by atoms with van der Waals surface area (Å²) in [5.41, 5.74) is 2.52. The van der Waals surface area contributed by atoms with Gasteiger partial charge in [0.1, 0.15) is 0 Å². The van der Waals surface area contributed by atoms with E-state index < -0.39 is 0 Å². The maximum Gasteiger partial charge on any atom is 2.00 e. The Hall–Kier alpha value is 0.976. The van der Waals surface area contributed by atoms with Gasteiger partial charge in [-0.1, -0.05) is 26.0 Å². The summed E-state index contributed by atoms with van der Waals surface area (Å²) < 4.78 is 0. The van der Waals surface area contributed by atoms with Crippen LogP contribution in [0.3, 0.4) is 0 Å². The van der Waals surface area contributed by atoms with Crippen LogP contribution in [0.5, 0.6) is 0 Å². The molecule has 0 saturated heterocycles. The Bertz CT molecular complexity index is 173. The van der Waals surface area contributed by atoms with Gasteiger partial charge in [-0.25, -0.2) is 0 Å². The molecule has 14 heavy (non-hydrogen) atoms. The average molecular weight is 317 g/mol. The first-order valence-corrected chi connectivity index (χ1v) is 4.61. The van der Waals surface area contributed by atoms with Crippen LogP contribution in [0.1, 0.15) is 33.6 Å². The first-order chi connectivity index (χ1) is 5.45. The summed E-state index contributed by atoms with van der Waals surface area (Å²) in [4.78, 5) is 0. The quantitative estimate of drug-likeness (QED) is 0.302. The first kappa shape index (κ1) is 20.4. The van der Waals surface area contributed by atoms with Crippen molar-refractivity contribution < 1.29 is 24.0 Å². The summed E-state index contributed by atoms with van der Waals surface area (Å²) in [6.07, 6.45) is 2.24. The monoisotopic (exact) mass is 316 g/mol. The van der Waals surface area contributed by atoms with Crippen LogP contribution in [0.15, 0.2) is 24.3 Å². The minimum absolute atomic E-state index is 0. The van der Waals surface area contributed by atoms with Gasteiger partial charge in [0.25, 0.3) is 0 Å². The van der Waals surface area contributed by atoms with Crippen molar-refractivity contribution in [2.24, 2.45) is 11.8 Å². The summed E-state index contributed by atoms with van der Waals surface area (Å²) >= 11 is 0. The second kappa shape index (κ2) is 10.5. The van der Waals surface area contributed by atoms with Gasteiger partial charge in [-0.2, -0.15) is 5.92 Å². The van der Waals surface area contributed by atoms with Gasteiger partial charge in [0, 0.05) is 0 Å². The van der Waals surface area contributed by atoms with E-state index in [1.165, 1.54) is 11.1 Å². The molecule has 0 nitrogen and oxygen atoms in total. The zero-order valence-corrected chi connectivity index (χ0v) is 13.3. The molecule has 0 aromatic carbocycles. The molecule has 0 aliphatic heterocycles. The van der Waals surface area contributed by atoms with Crippen molar-refractivity contribution in [2.45, 2.75) is 33.6 Å². The van der Waals surface area contributed by atoms with Gasteiger partial charge in [-0.3, -0.25) is 0 Å². The molecule has 0 rings (SSSR count). The Morgan fingerprint density at radius 3 is 2.00 bits per heavy atom. The van der Waals surface area contributed by atoms with Crippen LogP contribution in [0.25, 0.3) is 0 Å². The zero-order valence-electron chi connectivity index (χ0n) is 9.78. The number of hydrogen-bond donors (Lipinski definition) is 0. The molecule has 0 saturated carbocycles. The predicted molar refractivity (Wildman–Crippen MR) is 62.6 cm³/mol. The molecule has 0 radical (unpaired) electrons. The second-order valence-corrected chi connectivity index (χ2v) is 3.85. The van der Waals surface area contributed by atoms with E-state index in [1.54, 1.807) is 0 Å². The van der Waals surface area contributed by atoms with Crippen LogP contribution < -0.4 is 24.0 Å². The number of rotatable bonds is 5. The van der Waals surface area contributed by atoms with Gasteiger partial charge < -0.3 is 30.9 Å². The van der Waals surface area contributed by atoms with Gasteiger partial charge in [-0.05, 0) is 25.7 Å². The molecule has 0 heterocycles. The molecule has 0 aromatic heterocycles. The summed E-state index contributed by atoms with van der Waals surface area (Å²) in [5.74, 6) is 0.989. The smallest absolute Gasteiger partial charge is 1.00 e. The van der Waals surface area contributed by atoms with Crippen LogP contribution >= 0.6 is 0 Å². The molecule has 2 atom stereocenters. The van der Waals surface area contributed by atoms with E-state index in [1.807, 2.05) is 0 Å². The molecular formula is C12H21IMg. The molecule has 0 unspecified atom stereocenters. The number of halogens is 1. The fourth-order valence-corrected chi connectivity index (χ4v) is 0.895. The van der Waals surface area contributed by atoms with E-state index in [4.69, 9.17) is 0 Å². The molecule has 0 aromatic rings. The maximum absolute atomic E-state index is 3.99. The Kier molecular flexibility index (Phi) is 15.3. The SMILES string of the molecule is C=C(CC[C@H](C)C(=C)C)[C@H]([CH2-])C.[I-].[Mg+2]. The Labute approximate surface area is 123 Å². The normalized spacial score (nSPS) is 13.1. The fourth-order valence-electron chi connectivity index (χ4n) is 0.895. The van der Waals surface area contributed by atoms with Crippen LogP contribution in [-0.4, -0.2) is 23.1 Å². The third-order valence-corrected chi connectivity index (χ3v) is 2.44. The van der Waals surface area contributed by atoms with Crippen LogP contribution in [-0.2, 0) is 0 Å². The van der Waals surface area contributed by atoms with Crippen LogP contribution in [0.2, 0.25) is 0 Å². The minimum Gasteiger partial charge on any atom is -1.00 e. The number of hydrogen-bond acceptors (Lipinski definition) is 0. The van der Waals surface area contributed by atoms with Crippen molar-refractivity contribution in [3.05, 3.63) is 31.2 Å². The fraction of sp³-hybridized carbons (Fsp3) is 0.583. The Morgan fingerprint density at radius 2 is 1.71 bits per heavy atom. The number of allylic oxidation sites excluding steroid dienone is 2. The minimum atomic E-state index is 0. The third kappa shape index (κ3) is 9.53. The van der Waals surface area contributed by atoms with Crippen LogP contribution in [0, 0.1) is 18.8 Å². The predicted octanol–water partition coefficient (Wildman–Crippen LogP) is 0.628. The summed E-state index contributed by atoms with van der Waals surface area (Å²) in [6, 6.07) is 0. The van der Waals surface area contributed by atoms with Crippen molar-refractivity contribution in [3.8, 4) is 0 Å². The van der Waals surface area contributed by atoms with Gasteiger partial charge in [-0.15, -0.1) is 12.2 Å². The molecule has 0 aliphatic carbocycles. The maximum atomic E-state index is 3.99. The molecule has 0 aliphatic rings. The molecule has 78 valence electrons. The Morgan fingerprint density at radius 1 is 1.29 bits per heavy atom. The summed E-state index contributed by atoms with van der Waals surface area (Å²) in [6.45, 7) is 18.3. The molecule has 0 bridgehead atoms. The largest absolute Gasteiger partial charge is 2.00 e. The van der Waals surface area contributed by atoms with Crippen molar-refractivity contribution in [1.82, 2.24) is 0 Å². The van der Waals surface area contributed by atoms with E-state index in [9.17, 15) is 0 Å². The van der Waals surface area contributed by atoms with E-state index in [-0.39, 0.29) is 47.0 Å². The van der Waals surface area contributed by atoms with E-state index in [0.717, 1.165) is 12.8 Å². The van der Waals surface area contributed by atoms with Crippen molar-refractivity contribution >= 4 is 23.1 Å². The topological polar surface area (TPSA) is 0 Å². The molecular weight excluding hydrogens is 295 g/mol. The average Bonchev–Trinajstić information content (AvgIpc) is 1.98. The second-order valence-electron chi connectivity index (χ2n) is 3.85.